The summed E-state index contributed by atoms with van der Waals surface area (Å²) in [4.78, 5) is 20.5. The highest BCUT2D eigenvalue weighted by molar-refractivity contribution is 6.01. The van der Waals surface area contributed by atoms with Gasteiger partial charge in [-0.05, 0) is 62.8 Å². The first-order chi connectivity index (χ1) is 17.0. The van der Waals surface area contributed by atoms with Crippen molar-refractivity contribution in [1.29, 1.82) is 0 Å². The molecule has 0 atom stereocenters. The second-order valence-corrected chi connectivity index (χ2v) is 10.4. The molecule has 5 rings (SSSR count). The van der Waals surface area contributed by atoms with Crippen molar-refractivity contribution in [3.05, 3.63) is 48.2 Å². The zero-order chi connectivity index (χ0) is 24.4. The number of nitrogens with one attached hydrogen (secondary N) is 2. The molecule has 2 fully saturated rings. The zero-order valence-electron chi connectivity index (χ0n) is 21.0. The van der Waals surface area contributed by atoms with Gasteiger partial charge in [0.25, 0.3) is 5.91 Å². The van der Waals surface area contributed by atoms with Crippen molar-refractivity contribution in [2.24, 2.45) is 5.73 Å². The van der Waals surface area contributed by atoms with E-state index in [9.17, 15) is 4.79 Å². The third-order valence-electron chi connectivity index (χ3n) is 7.60. The molecule has 0 aliphatic heterocycles. The van der Waals surface area contributed by atoms with E-state index in [4.69, 9.17) is 10.7 Å². The van der Waals surface area contributed by atoms with Gasteiger partial charge in [-0.3, -0.25) is 9.20 Å². The first-order valence-corrected chi connectivity index (χ1v) is 13.1. The van der Waals surface area contributed by atoms with Gasteiger partial charge in [-0.2, -0.15) is 0 Å². The van der Waals surface area contributed by atoms with Gasteiger partial charge >= 0.3 is 0 Å². The molecule has 3 aromatic rings. The molecule has 2 heterocycles. The van der Waals surface area contributed by atoms with Crippen molar-refractivity contribution in [3.8, 4) is 11.3 Å². The van der Waals surface area contributed by atoms with Crippen molar-refractivity contribution in [2.75, 3.05) is 24.3 Å². The van der Waals surface area contributed by atoms with Crippen molar-refractivity contribution in [3.63, 3.8) is 0 Å². The van der Waals surface area contributed by atoms with Crippen LogP contribution in [-0.2, 0) is 0 Å². The number of aromatic nitrogens is 2. The summed E-state index contributed by atoms with van der Waals surface area (Å²) in [7, 11) is 4.09. The lowest BCUT2D eigenvalue weighted by atomic mass is 9.91. The molecular formula is C28H38N6O. The zero-order valence-corrected chi connectivity index (χ0v) is 21.0. The maximum Gasteiger partial charge on any atom is 0.255 e. The van der Waals surface area contributed by atoms with E-state index in [2.05, 4.69) is 44.2 Å². The number of nitrogens with zero attached hydrogens (tertiary/aromatic N) is 3. The van der Waals surface area contributed by atoms with Gasteiger partial charge in [0.15, 0.2) is 5.65 Å². The van der Waals surface area contributed by atoms with Crippen LogP contribution in [0.4, 0.5) is 11.5 Å². The number of carbonyl (C=O) groups is 1. The van der Waals surface area contributed by atoms with Crippen molar-refractivity contribution >= 4 is 23.1 Å². The minimum atomic E-state index is -0.0557. The predicted molar refractivity (Wildman–Crippen MR) is 143 cm³/mol. The van der Waals surface area contributed by atoms with Crippen LogP contribution in [0.2, 0.25) is 0 Å². The SMILES string of the molecule is CN(C)c1ccc(-c2nc3c(C(=O)NC4CCC(N)CC4)cccn3c2NC2CCCCC2)cc1. The van der Waals surface area contributed by atoms with Gasteiger partial charge < -0.3 is 21.3 Å². The Kier molecular flexibility index (Phi) is 6.95. The molecule has 0 radical (unpaired) electrons. The Morgan fingerprint density at radius 3 is 2.37 bits per heavy atom. The minimum absolute atomic E-state index is 0.0557. The summed E-state index contributed by atoms with van der Waals surface area (Å²) in [6, 6.07) is 13.2. The number of nitrogens with two attached hydrogens (primary N) is 1. The second kappa shape index (κ2) is 10.3. The fraction of sp³-hybridized carbons (Fsp3) is 0.500. The molecule has 1 amide bonds. The van der Waals surface area contributed by atoms with E-state index < -0.39 is 0 Å². The number of anilines is 2. The number of rotatable bonds is 6. The monoisotopic (exact) mass is 474 g/mol. The number of hydrogen-bond donors (Lipinski definition) is 3. The molecule has 0 unspecified atom stereocenters. The fourth-order valence-electron chi connectivity index (χ4n) is 5.47. The van der Waals surface area contributed by atoms with Crippen LogP contribution in [-0.4, -0.2) is 47.5 Å². The van der Waals surface area contributed by atoms with E-state index >= 15 is 0 Å². The number of imidazole rings is 1. The number of pyridine rings is 1. The standard InChI is InChI=1S/C28H38N6O/c1-33(2)23-16-10-19(11-17-23)25-27(30-21-7-4-3-5-8-21)34-18-6-9-24(26(34)32-25)28(35)31-22-14-12-20(29)13-15-22/h6,9-11,16-18,20-22,30H,3-5,7-8,12-15,29H2,1-2H3,(H,31,35). The Balaban J connectivity index is 1.51. The Morgan fingerprint density at radius 2 is 1.69 bits per heavy atom. The highest BCUT2D eigenvalue weighted by Gasteiger charge is 2.25. The Hall–Kier alpha value is -3.06. The molecule has 7 nitrogen and oxygen atoms in total. The summed E-state index contributed by atoms with van der Waals surface area (Å²) in [6.07, 6.45) is 11.9. The quantitative estimate of drug-likeness (QED) is 0.477. The van der Waals surface area contributed by atoms with Crippen LogP contribution in [0.5, 0.6) is 0 Å². The number of fused-ring (bicyclic) bond motifs is 1. The van der Waals surface area contributed by atoms with Crippen molar-refractivity contribution in [1.82, 2.24) is 14.7 Å². The summed E-state index contributed by atoms with van der Waals surface area (Å²) in [5.41, 5.74) is 10.5. The number of hydrogen-bond acceptors (Lipinski definition) is 5. The third kappa shape index (κ3) is 5.15. The Bertz CT molecular complexity index is 1150. The molecule has 0 spiro atoms. The van der Waals surface area contributed by atoms with Crippen LogP contribution in [0.15, 0.2) is 42.6 Å². The van der Waals surface area contributed by atoms with E-state index in [0.717, 1.165) is 61.3 Å². The van der Waals surface area contributed by atoms with Gasteiger partial charge in [0.2, 0.25) is 0 Å². The van der Waals surface area contributed by atoms with Crippen molar-refractivity contribution in [2.45, 2.75) is 75.9 Å². The Morgan fingerprint density at radius 1 is 0.971 bits per heavy atom. The summed E-state index contributed by atoms with van der Waals surface area (Å²) >= 11 is 0. The summed E-state index contributed by atoms with van der Waals surface area (Å²) < 4.78 is 2.06. The molecule has 186 valence electrons. The molecule has 2 aromatic heterocycles. The second-order valence-electron chi connectivity index (χ2n) is 10.4. The van der Waals surface area contributed by atoms with Gasteiger partial charge in [-0.25, -0.2) is 4.98 Å². The molecule has 2 saturated carbocycles. The lowest BCUT2D eigenvalue weighted by Crippen LogP contribution is -2.40. The van der Waals surface area contributed by atoms with Crippen LogP contribution in [0, 0.1) is 0 Å². The minimum Gasteiger partial charge on any atom is -0.378 e. The predicted octanol–water partition coefficient (Wildman–Crippen LogP) is 4.81. The van der Waals surface area contributed by atoms with Crippen LogP contribution in [0.1, 0.15) is 68.1 Å². The van der Waals surface area contributed by atoms with Crippen LogP contribution in [0.3, 0.4) is 0 Å². The maximum absolute atomic E-state index is 13.4. The lowest BCUT2D eigenvalue weighted by molar-refractivity contribution is 0.0927. The van der Waals surface area contributed by atoms with Gasteiger partial charge in [0.05, 0.1) is 5.56 Å². The highest BCUT2D eigenvalue weighted by atomic mass is 16.1. The first kappa shape index (κ1) is 23.7. The maximum atomic E-state index is 13.4. The van der Waals surface area contributed by atoms with E-state index in [1.54, 1.807) is 0 Å². The highest BCUT2D eigenvalue weighted by Crippen LogP contribution is 2.33. The van der Waals surface area contributed by atoms with E-state index in [0.29, 0.717) is 17.3 Å². The molecule has 1 aromatic carbocycles. The molecule has 0 saturated heterocycles. The van der Waals surface area contributed by atoms with Gasteiger partial charge in [0, 0.05) is 49.7 Å². The van der Waals surface area contributed by atoms with Crippen LogP contribution in [0.25, 0.3) is 16.9 Å². The summed E-state index contributed by atoms with van der Waals surface area (Å²) in [5, 5.41) is 7.05. The lowest BCUT2D eigenvalue weighted by Gasteiger charge is -2.26. The van der Waals surface area contributed by atoms with Gasteiger partial charge in [0.1, 0.15) is 11.5 Å². The molecule has 2 aliphatic rings. The van der Waals surface area contributed by atoms with Gasteiger partial charge in [-0.15, -0.1) is 0 Å². The summed E-state index contributed by atoms with van der Waals surface area (Å²) in [6.45, 7) is 0. The number of carbonyl (C=O) groups excluding carboxylic acids is 1. The van der Waals surface area contributed by atoms with E-state index in [1.807, 2.05) is 32.4 Å². The Labute approximate surface area is 208 Å². The smallest absolute Gasteiger partial charge is 0.255 e. The number of amides is 1. The van der Waals surface area contributed by atoms with Gasteiger partial charge in [-0.1, -0.05) is 31.4 Å². The molecular weight excluding hydrogens is 436 g/mol. The average Bonchev–Trinajstić information content (AvgIpc) is 3.24. The molecule has 4 N–H and O–H groups in total. The van der Waals surface area contributed by atoms with Crippen LogP contribution >= 0.6 is 0 Å². The van der Waals surface area contributed by atoms with Crippen LogP contribution < -0.4 is 21.3 Å². The molecule has 35 heavy (non-hydrogen) atoms. The fourth-order valence-corrected chi connectivity index (χ4v) is 5.47. The topological polar surface area (TPSA) is 87.7 Å². The average molecular weight is 475 g/mol. The molecule has 0 bridgehead atoms. The number of benzene rings is 1. The molecule has 7 heteroatoms. The van der Waals surface area contributed by atoms with E-state index in [1.165, 1.54) is 19.3 Å². The third-order valence-corrected chi connectivity index (χ3v) is 7.60. The van der Waals surface area contributed by atoms with E-state index in [-0.39, 0.29) is 18.0 Å². The summed E-state index contributed by atoms with van der Waals surface area (Å²) in [5.74, 6) is 0.919. The van der Waals surface area contributed by atoms with Crippen molar-refractivity contribution < 1.29 is 4.79 Å². The molecule has 2 aliphatic carbocycles. The largest absolute Gasteiger partial charge is 0.378 e. The first-order valence-electron chi connectivity index (χ1n) is 13.1. The normalized spacial score (nSPS) is 21.1.